The zero-order valence-corrected chi connectivity index (χ0v) is 56.5. The fourth-order valence-corrected chi connectivity index (χ4v) is 10.5. The number of aliphatic hydroxyl groups is 1. The second-order valence-electron chi connectivity index (χ2n) is 24.3. The number of aliphatic hydroxyl groups excluding tert-OH is 1. The van der Waals surface area contributed by atoms with E-state index >= 15 is 0 Å². The molecule has 0 aliphatic carbocycles. The molecule has 1 unspecified atom stereocenters. The van der Waals surface area contributed by atoms with Crippen molar-refractivity contribution in [2.75, 3.05) is 13.2 Å². The third kappa shape index (κ3) is 72.5. The first-order valence-electron chi connectivity index (χ1n) is 36.7. The number of rotatable bonds is 67. The zero-order valence-electron chi connectivity index (χ0n) is 56.5. The van der Waals surface area contributed by atoms with Crippen LogP contribution in [0.15, 0.2) is 134 Å². The number of hydrogen-bond acceptors (Lipinski definition) is 5. The maximum absolute atomic E-state index is 12.3. The molecule has 0 heterocycles. The maximum Gasteiger partial charge on any atom is 0.306 e. The third-order valence-corrected chi connectivity index (χ3v) is 15.9. The van der Waals surface area contributed by atoms with Crippen LogP contribution in [-0.2, 0) is 19.1 Å². The number of hydrogen-bond donors (Lipinski definition) is 1. The summed E-state index contributed by atoms with van der Waals surface area (Å²) in [6.07, 6.45) is 112. The van der Waals surface area contributed by atoms with Crippen molar-refractivity contribution >= 4 is 11.9 Å². The van der Waals surface area contributed by atoms with E-state index in [-0.39, 0.29) is 25.2 Å². The Morgan fingerprint density at radius 3 is 0.791 bits per heavy atom. The molecule has 1 atom stereocenters. The van der Waals surface area contributed by atoms with Crippen molar-refractivity contribution in [3.05, 3.63) is 134 Å². The Labute approximate surface area is 534 Å². The highest BCUT2D eigenvalue weighted by molar-refractivity contribution is 5.70. The fourth-order valence-electron chi connectivity index (χ4n) is 10.5. The predicted octanol–water partition coefficient (Wildman–Crippen LogP) is 25.9. The van der Waals surface area contributed by atoms with Gasteiger partial charge in [-0.2, -0.15) is 0 Å². The quantitative estimate of drug-likeness (QED) is 0.0373. The second kappa shape index (κ2) is 75.3. The lowest BCUT2D eigenvalue weighted by Gasteiger charge is -2.15. The Balaban J connectivity index is 3.52. The van der Waals surface area contributed by atoms with Crippen molar-refractivity contribution in [3.63, 3.8) is 0 Å². The summed E-state index contributed by atoms with van der Waals surface area (Å²) in [5.41, 5.74) is 0. The largest absolute Gasteiger partial charge is 0.462 e. The summed E-state index contributed by atoms with van der Waals surface area (Å²) in [7, 11) is 0. The van der Waals surface area contributed by atoms with Gasteiger partial charge in [0.05, 0.1) is 6.61 Å². The number of ether oxygens (including phenoxy) is 2. The standard InChI is InChI=1S/C81H138O5/c1-3-5-7-9-11-13-15-17-19-21-23-25-27-29-31-33-35-37-38-39-40-41-42-44-45-47-49-51-53-55-57-59-61-63-65-67-69-71-73-75-80(83)85-78-79(77-82)86-81(84)76-74-72-70-68-66-64-62-60-58-56-54-52-50-48-46-43-36-34-32-30-28-26-24-22-20-18-16-14-12-10-8-6-4-2/h6,8,12,14,18,20-21,23-24,26,30,32,36,43,48,50,54,56,60,62,66,68,79,82H,3-5,7,9-11,13,15-17,19,22,25,27-29,31,33-35,37-42,44-47,49,51-53,55,57-59,61,63-65,67,69-78H2,1-2H3/b8-6-,14-12-,20-18-,23-21-,26-24-,32-30-,43-36-,50-48-,56-54-,62-60-,68-66-. The van der Waals surface area contributed by atoms with E-state index in [4.69, 9.17) is 9.47 Å². The van der Waals surface area contributed by atoms with Gasteiger partial charge >= 0.3 is 11.9 Å². The molecule has 0 amide bonds. The van der Waals surface area contributed by atoms with Gasteiger partial charge in [-0.1, -0.05) is 353 Å². The summed E-state index contributed by atoms with van der Waals surface area (Å²) in [6, 6.07) is 0. The van der Waals surface area contributed by atoms with Crippen molar-refractivity contribution < 1.29 is 24.2 Å². The molecule has 492 valence electrons. The van der Waals surface area contributed by atoms with E-state index < -0.39 is 6.10 Å². The van der Waals surface area contributed by atoms with E-state index in [1.807, 2.05) is 0 Å². The molecule has 5 nitrogen and oxygen atoms in total. The summed E-state index contributed by atoms with van der Waals surface area (Å²) in [5, 5.41) is 9.70. The van der Waals surface area contributed by atoms with Gasteiger partial charge in [0.15, 0.2) is 6.10 Å². The van der Waals surface area contributed by atoms with Crippen LogP contribution in [0.2, 0.25) is 0 Å². The number of unbranched alkanes of at least 4 members (excludes halogenated alkanes) is 37. The molecule has 0 spiro atoms. The second-order valence-corrected chi connectivity index (χ2v) is 24.3. The molecular weight excluding hydrogens is 1050 g/mol. The van der Waals surface area contributed by atoms with Gasteiger partial charge in [-0.15, -0.1) is 0 Å². The lowest BCUT2D eigenvalue weighted by molar-refractivity contribution is -0.161. The van der Waals surface area contributed by atoms with Crippen molar-refractivity contribution in [2.24, 2.45) is 0 Å². The zero-order chi connectivity index (χ0) is 61.9. The SMILES string of the molecule is CC/C=C\C/C=C\C/C=C\C/C=C\C/C=C\C/C=C\C/C=C\C/C=C\C/C=C\C/C=C\CCCCC(=O)OC(CO)COC(=O)CCCCCCCCCCCCCCCCCCCCCCCCCCCCC/C=C\CCCCCCCCCC. The molecular formula is C81H138O5. The third-order valence-electron chi connectivity index (χ3n) is 15.9. The Morgan fingerprint density at radius 2 is 0.500 bits per heavy atom. The van der Waals surface area contributed by atoms with Crippen LogP contribution in [0.25, 0.3) is 0 Å². The highest BCUT2D eigenvalue weighted by Gasteiger charge is 2.16. The Kier molecular flexibility index (Phi) is 71.8. The lowest BCUT2D eigenvalue weighted by Crippen LogP contribution is -2.28. The molecule has 0 aromatic rings. The summed E-state index contributed by atoms with van der Waals surface area (Å²) >= 11 is 0. The topological polar surface area (TPSA) is 72.8 Å². The molecule has 0 bridgehead atoms. The minimum atomic E-state index is -0.805. The minimum absolute atomic E-state index is 0.0886. The highest BCUT2D eigenvalue weighted by Crippen LogP contribution is 2.18. The van der Waals surface area contributed by atoms with Crippen LogP contribution >= 0.6 is 0 Å². The molecule has 0 fully saturated rings. The lowest BCUT2D eigenvalue weighted by atomic mass is 10.0. The summed E-state index contributed by atoms with van der Waals surface area (Å²) in [6.45, 7) is 4.02. The average Bonchev–Trinajstić information content (AvgIpc) is 3.55. The molecule has 0 radical (unpaired) electrons. The molecule has 0 saturated carbocycles. The molecule has 1 N–H and O–H groups in total. The fraction of sp³-hybridized carbons (Fsp3) is 0.704. The van der Waals surface area contributed by atoms with E-state index in [1.165, 1.54) is 218 Å². The van der Waals surface area contributed by atoms with E-state index in [1.54, 1.807) is 0 Å². The predicted molar refractivity (Wildman–Crippen MR) is 380 cm³/mol. The molecule has 0 aliphatic heterocycles. The Hall–Kier alpha value is -3.96. The first-order chi connectivity index (χ1) is 42.6. The molecule has 0 aliphatic rings. The van der Waals surface area contributed by atoms with E-state index in [2.05, 4.69) is 148 Å². The first kappa shape index (κ1) is 82.0. The first-order valence-corrected chi connectivity index (χ1v) is 36.7. The average molecular weight is 1190 g/mol. The van der Waals surface area contributed by atoms with Crippen LogP contribution in [0.5, 0.6) is 0 Å². The number of allylic oxidation sites excluding steroid dienone is 22. The Bertz CT molecular complexity index is 1730. The molecule has 5 heteroatoms. The smallest absolute Gasteiger partial charge is 0.306 e. The van der Waals surface area contributed by atoms with Crippen molar-refractivity contribution in [1.82, 2.24) is 0 Å². The van der Waals surface area contributed by atoms with Crippen LogP contribution in [0.4, 0.5) is 0 Å². The van der Waals surface area contributed by atoms with E-state index in [9.17, 15) is 14.7 Å². The van der Waals surface area contributed by atoms with Crippen LogP contribution in [0.1, 0.15) is 348 Å². The summed E-state index contributed by atoms with van der Waals surface area (Å²) < 4.78 is 10.7. The van der Waals surface area contributed by atoms with Crippen molar-refractivity contribution in [2.45, 2.75) is 354 Å². The van der Waals surface area contributed by atoms with Gasteiger partial charge in [-0.05, 0) is 116 Å². The van der Waals surface area contributed by atoms with E-state index in [0.29, 0.717) is 12.8 Å². The van der Waals surface area contributed by atoms with Gasteiger partial charge in [0.2, 0.25) is 0 Å². The Morgan fingerprint density at radius 1 is 0.279 bits per heavy atom. The van der Waals surface area contributed by atoms with Crippen molar-refractivity contribution in [3.8, 4) is 0 Å². The van der Waals surface area contributed by atoms with Crippen LogP contribution in [0.3, 0.4) is 0 Å². The maximum atomic E-state index is 12.3. The number of esters is 2. The van der Waals surface area contributed by atoms with Gasteiger partial charge < -0.3 is 14.6 Å². The van der Waals surface area contributed by atoms with Crippen molar-refractivity contribution in [1.29, 1.82) is 0 Å². The van der Waals surface area contributed by atoms with Gasteiger partial charge in [0, 0.05) is 12.8 Å². The van der Waals surface area contributed by atoms with Crippen LogP contribution < -0.4 is 0 Å². The normalized spacial score (nSPS) is 13.0. The van der Waals surface area contributed by atoms with E-state index in [0.717, 1.165) is 103 Å². The van der Waals surface area contributed by atoms with Gasteiger partial charge in [0.1, 0.15) is 6.61 Å². The molecule has 0 aromatic carbocycles. The summed E-state index contributed by atoms with van der Waals surface area (Å²) in [5.74, 6) is -0.638. The molecule has 0 saturated heterocycles. The number of carbonyl (C=O) groups is 2. The van der Waals surface area contributed by atoms with Gasteiger partial charge in [-0.25, -0.2) is 0 Å². The molecule has 0 rings (SSSR count). The van der Waals surface area contributed by atoms with Crippen LogP contribution in [0, 0.1) is 0 Å². The number of carbonyl (C=O) groups excluding carboxylic acids is 2. The minimum Gasteiger partial charge on any atom is -0.462 e. The van der Waals surface area contributed by atoms with Gasteiger partial charge in [-0.3, -0.25) is 9.59 Å². The van der Waals surface area contributed by atoms with Crippen LogP contribution in [-0.4, -0.2) is 36.4 Å². The highest BCUT2D eigenvalue weighted by atomic mass is 16.6. The monoisotopic (exact) mass is 1190 g/mol. The molecule has 86 heavy (non-hydrogen) atoms. The summed E-state index contributed by atoms with van der Waals surface area (Å²) in [4.78, 5) is 24.6. The van der Waals surface area contributed by atoms with Gasteiger partial charge in [0.25, 0.3) is 0 Å². The molecule has 0 aromatic heterocycles.